The highest BCUT2D eigenvalue weighted by Gasteiger charge is 2.18. The van der Waals surface area contributed by atoms with Crippen molar-refractivity contribution < 1.29 is 13.9 Å². The highest BCUT2D eigenvalue weighted by molar-refractivity contribution is 7.98. The molecule has 3 rings (SSSR count). The third-order valence-corrected chi connectivity index (χ3v) is 7.15. The lowest BCUT2D eigenvalue weighted by atomic mass is 10.0. The number of nitrogens with one attached hydrogen (secondary N) is 1. The molecule has 204 valence electrons. The van der Waals surface area contributed by atoms with Crippen LogP contribution in [-0.4, -0.2) is 51.4 Å². The molecule has 10 heteroatoms. The van der Waals surface area contributed by atoms with Gasteiger partial charge in [-0.05, 0) is 29.7 Å². The summed E-state index contributed by atoms with van der Waals surface area (Å²) in [4.78, 5) is 43.7. The van der Waals surface area contributed by atoms with Crippen LogP contribution in [0, 0.1) is 5.82 Å². The SMILES string of the molecule is CCCCCCCCN(C)C(=O)Cc1nc(SCc2ccc(F)cc2)[nH]c(=O)c1Cc1cnc(OC)nc1. The minimum absolute atomic E-state index is 0.0205. The van der Waals surface area contributed by atoms with Crippen LogP contribution in [0.1, 0.15) is 67.8 Å². The van der Waals surface area contributed by atoms with Gasteiger partial charge in [-0.3, -0.25) is 9.59 Å². The van der Waals surface area contributed by atoms with Crippen LogP contribution in [-0.2, 0) is 23.4 Å². The monoisotopic (exact) mass is 541 g/mol. The standard InChI is InChI=1S/C28H36FN5O3S/c1-4-5-6-7-8-9-14-34(2)25(35)16-24-23(15-21-17-30-27(37-3)31-18-21)26(36)33-28(32-24)38-19-20-10-12-22(29)13-11-20/h10-13,17-18H,4-9,14-16,19H2,1-3H3,(H,32,33,36). The van der Waals surface area contributed by atoms with Gasteiger partial charge in [0.15, 0.2) is 5.16 Å². The average molecular weight is 542 g/mol. The van der Waals surface area contributed by atoms with Gasteiger partial charge in [0, 0.05) is 43.7 Å². The normalized spacial score (nSPS) is 10.9. The lowest BCUT2D eigenvalue weighted by molar-refractivity contribution is -0.129. The molecule has 0 unspecified atom stereocenters. The first-order chi connectivity index (χ1) is 18.4. The largest absolute Gasteiger partial charge is 0.467 e. The van der Waals surface area contributed by atoms with Crippen LogP contribution >= 0.6 is 11.8 Å². The molecule has 1 amide bonds. The zero-order chi connectivity index (χ0) is 27.3. The van der Waals surface area contributed by atoms with E-state index in [1.807, 2.05) is 0 Å². The summed E-state index contributed by atoms with van der Waals surface area (Å²) in [5, 5.41) is 0.412. The molecule has 38 heavy (non-hydrogen) atoms. The Labute approximate surface area is 227 Å². The molecule has 0 aliphatic heterocycles. The minimum Gasteiger partial charge on any atom is -0.467 e. The van der Waals surface area contributed by atoms with Crippen molar-refractivity contribution in [3.05, 3.63) is 75.2 Å². The van der Waals surface area contributed by atoms with E-state index in [2.05, 4.69) is 26.9 Å². The fourth-order valence-electron chi connectivity index (χ4n) is 3.93. The van der Waals surface area contributed by atoms with E-state index >= 15 is 0 Å². The van der Waals surface area contributed by atoms with Gasteiger partial charge >= 0.3 is 6.01 Å². The minimum atomic E-state index is -0.307. The summed E-state index contributed by atoms with van der Waals surface area (Å²) in [6, 6.07) is 6.42. The van der Waals surface area contributed by atoms with Crippen LogP contribution in [0.15, 0.2) is 46.6 Å². The lowest BCUT2D eigenvalue weighted by Crippen LogP contribution is -2.31. The fourth-order valence-corrected chi connectivity index (χ4v) is 4.76. The molecule has 1 N–H and O–H groups in total. The number of nitrogens with zero attached hydrogens (tertiary/aromatic N) is 4. The number of ether oxygens (including phenoxy) is 1. The number of hydrogen-bond donors (Lipinski definition) is 1. The molecular formula is C28H36FN5O3S. The third-order valence-electron chi connectivity index (χ3n) is 6.20. The zero-order valence-electron chi connectivity index (χ0n) is 22.3. The van der Waals surface area contributed by atoms with Gasteiger partial charge in [0.2, 0.25) is 5.91 Å². The number of unbranched alkanes of at least 4 members (excludes halogenated alkanes) is 5. The topological polar surface area (TPSA) is 101 Å². The molecule has 1 aromatic carbocycles. The molecule has 0 spiro atoms. The molecular weight excluding hydrogens is 505 g/mol. The van der Waals surface area contributed by atoms with E-state index in [-0.39, 0.29) is 36.1 Å². The van der Waals surface area contributed by atoms with E-state index in [0.29, 0.717) is 34.3 Å². The summed E-state index contributed by atoms with van der Waals surface area (Å²) in [7, 11) is 3.28. The van der Waals surface area contributed by atoms with Crippen LogP contribution in [0.2, 0.25) is 0 Å². The Kier molecular flexibility index (Phi) is 11.7. The van der Waals surface area contributed by atoms with Crippen LogP contribution in [0.25, 0.3) is 0 Å². The van der Waals surface area contributed by atoms with Gasteiger partial charge in [0.05, 0.1) is 19.2 Å². The lowest BCUT2D eigenvalue weighted by Gasteiger charge is -2.18. The van der Waals surface area contributed by atoms with Gasteiger partial charge in [-0.2, -0.15) is 0 Å². The van der Waals surface area contributed by atoms with Crippen molar-refractivity contribution in [3.63, 3.8) is 0 Å². The van der Waals surface area contributed by atoms with Gasteiger partial charge < -0.3 is 14.6 Å². The number of likely N-dealkylation sites (N-methyl/N-ethyl adjacent to an activating group) is 1. The predicted molar refractivity (Wildman–Crippen MR) is 147 cm³/mol. The Hall–Kier alpha value is -3.27. The first kappa shape index (κ1) is 29.3. The van der Waals surface area contributed by atoms with Gasteiger partial charge in [0.25, 0.3) is 5.56 Å². The highest BCUT2D eigenvalue weighted by Crippen LogP contribution is 2.21. The average Bonchev–Trinajstić information content (AvgIpc) is 2.92. The summed E-state index contributed by atoms with van der Waals surface area (Å²) >= 11 is 1.33. The van der Waals surface area contributed by atoms with Crippen LogP contribution in [0.4, 0.5) is 4.39 Å². The quantitative estimate of drug-likeness (QED) is 0.165. The van der Waals surface area contributed by atoms with E-state index in [1.165, 1.54) is 56.7 Å². The summed E-state index contributed by atoms with van der Waals surface area (Å²) < 4.78 is 18.3. The van der Waals surface area contributed by atoms with Crippen LogP contribution in [0.3, 0.4) is 0 Å². The molecule has 0 aliphatic carbocycles. The summed E-state index contributed by atoms with van der Waals surface area (Å²) in [5.74, 6) is 0.113. The van der Waals surface area contributed by atoms with Gasteiger partial charge in [-0.1, -0.05) is 62.9 Å². The van der Waals surface area contributed by atoms with Crippen LogP contribution in [0.5, 0.6) is 6.01 Å². The zero-order valence-corrected chi connectivity index (χ0v) is 23.2. The molecule has 0 atom stereocenters. The summed E-state index contributed by atoms with van der Waals surface area (Å²) in [5.41, 5.74) is 2.14. The number of carbonyl (C=O) groups is 1. The van der Waals surface area contributed by atoms with Gasteiger partial charge in [0.1, 0.15) is 5.82 Å². The van der Waals surface area contributed by atoms with E-state index in [9.17, 15) is 14.0 Å². The molecule has 0 radical (unpaired) electrons. The summed E-state index contributed by atoms with van der Waals surface area (Å²) in [6.45, 7) is 2.86. The number of benzene rings is 1. The Balaban J connectivity index is 1.75. The molecule has 0 fully saturated rings. The van der Waals surface area contributed by atoms with Crippen molar-refractivity contribution >= 4 is 17.7 Å². The Morgan fingerprint density at radius 2 is 1.74 bits per heavy atom. The molecule has 2 heterocycles. The number of H-pyrrole nitrogens is 1. The van der Waals surface area contributed by atoms with Crippen LogP contribution < -0.4 is 10.3 Å². The van der Waals surface area contributed by atoms with Crippen molar-refractivity contribution in [2.45, 2.75) is 69.2 Å². The summed E-state index contributed by atoms with van der Waals surface area (Å²) in [6.07, 6.45) is 10.3. The number of hydrogen-bond acceptors (Lipinski definition) is 7. The second kappa shape index (κ2) is 15.2. The highest BCUT2D eigenvalue weighted by atomic mass is 32.2. The maximum absolute atomic E-state index is 13.2. The first-order valence-electron chi connectivity index (χ1n) is 13.0. The number of methoxy groups -OCH3 is 1. The van der Waals surface area contributed by atoms with E-state index in [1.54, 1.807) is 36.5 Å². The Morgan fingerprint density at radius 3 is 2.42 bits per heavy atom. The second-order valence-corrected chi connectivity index (χ2v) is 10.2. The molecule has 8 nitrogen and oxygen atoms in total. The van der Waals surface area contributed by atoms with Gasteiger partial charge in [-0.25, -0.2) is 19.3 Å². The van der Waals surface area contributed by atoms with Crippen molar-refractivity contribution in [3.8, 4) is 6.01 Å². The smallest absolute Gasteiger partial charge is 0.316 e. The first-order valence-corrected chi connectivity index (χ1v) is 14.0. The van der Waals surface area contributed by atoms with Gasteiger partial charge in [-0.15, -0.1) is 0 Å². The molecule has 0 bridgehead atoms. The number of rotatable bonds is 15. The van der Waals surface area contributed by atoms with Crippen molar-refractivity contribution in [2.75, 3.05) is 20.7 Å². The number of thioether (sulfide) groups is 1. The molecule has 0 saturated carbocycles. The van der Waals surface area contributed by atoms with Crippen molar-refractivity contribution in [1.29, 1.82) is 0 Å². The van der Waals surface area contributed by atoms with Crippen molar-refractivity contribution in [1.82, 2.24) is 24.8 Å². The molecule has 0 saturated heterocycles. The fraction of sp³-hybridized carbons (Fsp3) is 0.464. The van der Waals surface area contributed by atoms with E-state index in [4.69, 9.17) is 4.74 Å². The second-order valence-electron chi connectivity index (χ2n) is 9.23. The number of carbonyl (C=O) groups excluding carboxylic acids is 1. The number of aromatic amines is 1. The third kappa shape index (κ3) is 9.24. The number of aromatic nitrogens is 4. The Bertz CT molecular complexity index is 1220. The Morgan fingerprint density at radius 1 is 1.05 bits per heavy atom. The maximum atomic E-state index is 13.2. The maximum Gasteiger partial charge on any atom is 0.316 e. The molecule has 0 aliphatic rings. The number of halogens is 1. The van der Waals surface area contributed by atoms with E-state index < -0.39 is 0 Å². The molecule has 2 aromatic heterocycles. The van der Waals surface area contributed by atoms with Crippen molar-refractivity contribution in [2.24, 2.45) is 0 Å². The number of amides is 1. The van der Waals surface area contributed by atoms with E-state index in [0.717, 1.165) is 18.4 Å². The molecule has 3 aromatic rings. The predicted octanol–water partition coefficient (Wildman–Crippen LogP) is 4.95.